The second-order valence-electron chi connectivity index (χ2n) is 9.34. The quantitative estimate of drug-likeness (QED) is 0.304. The van der Waals surface area contributed by atoms with E-state index in [1.807, 2.05) is 12.1 Å². The van der Waals surface area contributed by atoms with Gasteiger partial charge in [0.15, 0.2) is 5.82 Å². The lowest BCUT2D eigenvalue weighted by Crippen LogP contribution is -2.14. The lowest BCUT2D eigenvalue weighted by molar-refractivity contribution is 0.302. The van der Waals surface area contributed by atoms with Gasteiger partial charge in [0.05, 0.1) is 6.61 Å². The normalized spacial score (nSPS) is 18.8. The van der Waals surface area contributed by atoms with Gasteiger partial charge in [-0.3, -0.25) is 0 Å². The minimum atomic E-state index is 0.643. The fourth-order valence-electron chi connectivity index (χ4n) is 4.76. The van der Waals surface area contributed by atoms with Gasteiger partial charge in [-0.25, -0.2) is 9.97 Å². The third-order valence-corrected chi connectivity index (χ3v) is 6.84. The second-order valence-corrected chi connectivity index (χ2v) is 9.34. The fourth-order valence-corrected chi connectivity index (χ4v) is 4.76. The third kappa shape index (κ3) is 7.94. The van der Waals surface area contributed by atoms with Gasteiger partial charge in [-0.15, -0.1) is 0 Å². The summed E-state index contributed by atoms with van der Waals surface area (Å²) < 4.78 is 5.87. The van der Waals surface area contributed by atoms with Crippen molar-refractivity contribution in [2.24, 2.45) is 5.92 Å². The average Bonchev–Trinajstić information content (AvgIpc) is 2.82. The van der Waals surface area contributed by atoms with Crippen LogP contribution in [0.25, 0.3) is 11.4 Å². The molecule has 3 rings (SSSR count). The highest BCUT2D eigenvalue weighted by atomic mass is 16.5. The summed E-state index contributed by atoms with van der Waals surface area (Å²) in [6.07, 6.45) is 21.3. The molecule has 170 valence electrons. The van der Waals surface area contributed by atoms with Gasteiger partial charge in [0.1, 0.15) is 5.75 Å². The summed E-state index contributed by atoms with van der Waals surface area (Å²) in [4.78, 5) is 9.37. The molecule has 31 heavy (non-hydrogen) atoms. The summed E-state index contributed by atoms with van der Waals surface area (Å²) in [6.45, 7) is 5.34. The van der Waals surface area contributed by atoms with Gasteiger partial charge in [-0.05, 0) is 73.8 Å². The molecule has 0 saturated heterocycles. The number of benzene rings is 1. The van der Waals surface area contributed by atoms with Crippen LogP contribution >= 0.6 is 0 Å². The number of hydrogen-bond donors (Lipinski definition) is 0. The van der Waals surface area contributed by atoms with Gasteiger partial charge in [-0.2, -0.15) is 0 Å². The average molecular weight is 423 g/mol. The number of hydrogen-bond acceptors (Lipinski definition) is 3. The van der Waals surface area contributed by atoms with E-state index in [-0.39, 0.29) is 0 Å². The van der Waals surface area contributed by atoms with Crippen molar-refractivity contribution >= 4 is 0 Å². The number of rotatable bonds is 13. The Balaban J connectivity index is 1.43. The Bertz CT molecular complexity index is 718. The Kier molecular flexibility index (Phi) is 10.3. The monoisotopic (exact) mass is 422 g/mol. The Morgan fingerprint density at radius 1 is 0.774 bits per heavy atom. The number of ether oxygens (including phenoxy) is 1. The molecule has 1 aliphatic rings. The van der Waals surface area contributed by atoms with Gasteiger partial charge >= 0.3 is 0 Å². The molecule has 1 aliphatic carbocycles. The lowest BCUT2D eigenvalue weighted by atomic mass is 9.77. The third-order valence-electron chi connectivity index (χ3n) is 6.84. The molecule has 0 N–H and O–H groups in total. The van der Waals surface area contributed by atoms with Gasteiger partial charge in [0.2, 0.25) is 0 Å². The first kappa shape index (κ1) is 23.8. The minimum absolute atomic E-state index is 0.643. The molecule has 0 unspecified atom stereocenters. The Morgan fingerprint density at radius 2 is 1.42 bits per heavy atom. The molecule has 0 amide bonds. The van der Waals surface area contributed by atoms with E-state index in [0.717, 1.165) is 36.1 Å². The number of aromatic nitrogens is 2. The van der Waals surface area contributed by atoms with Gasteiger partial charge in [0, 0.05) is 18.0 Å². The van der Waals surface area contributed by atoms with Crippen LogP contribution < -0.4 is 4.74 Å². The first-order valence-electron chi connectivity index (χ1n) is 12.8. The maximum absolute atomic E-state index is 5.87. The van der Waals surface area contributed by atoms with Crippen molar-refractivity contribution in [3.63, 3.8) is 0 Å². The SMILES string of the molecule is CCCCCCCOc1ccc(-c2ncc([C@H]3CC[C@H](CCCCC)CC3)cn2)cc1. The molecule has 0 atom stereocenters. The van der Waals surface area contributed by atoms with Crippen LogP contribution in [0.5, 0.6) is 5.75 Å². The predicted molar refractivity (Wildman–Crippen MR) is 131 cm³/mol. The van der Waals surface area contributed by atoms with Crippen molar-refractivity contribution < 1.29 is 4.74 Å². The van der Waals surface area contributed by atoms with Crippen LogP contribution in [-0.2, 0) is 0 Å². The Labute approximate surface area is 190 Å². The number of unbranched alkanes of at least 4 members (excludes halogenated alkanes) is 6. The van der Waals surface area contributed by atoms with E-state index >= 15 is 0 Å². The van der Waals surface area contributed by atoms with Crippen LogP contribution in [0.4, 0.5) is 0 Å². The molecule has 1 saturated carbocycles. The minimum Gasteiger partial charge on any atom is -0.494 e. The molecule has 1 fully saturated rings. The smallest absolute Gasteiger partial charge is 0.159 e. The molecule has 1 aromatic heterocycles. The van der Waals surface area contributed by atoms with Gasteiger partial charge in [0.25, 0.3) is 0 Å². The molecular weight excluding hydrogens is 380 g/mol. The fraction of sp³-hybridized carbons (Fsp3) is 0.643. The molecule has 2 aromatic rings. The van der Waals surface area contributed by atoms with Crippen LogP contribution in [0.3, 0.4) is 0 Å². The van der Waals surface area contributed by atoms with Crippen LogP contribution in [0.1, 0.15) is 109 Å². The highest BCUT2D eigenvalue weighted by molar-refractivity contribution is 5.56. The van der Waals surface area contributed by atoms with E-state index in [2.05, 4.69) is 48.3 Å². The molecule has 3 nitrogen and oxygen atoms in total. The zero-order chi connectivity index (χ0) is 21.7. The van der Waals surface area contributed by atoms with E-state index < -0.39 is 0 Å². The summed E-state index contributed by atoms with van der Waals surface area (Å²) >= 11 is 0. The van der Waals surface area contributed by atoms with Crippen LogP contribution in [0.15, 0.2) is 36.7 Å². The van der Waals surface area contributed by atoms with Crippen molar-refractivity contribution in [1.29, 1.82) is 0 Å². The molecule has 0 aliphatic heterocycles. The standard InChI is InChI=1S/C28H42N2O/c1-3-5-7-8-10-20-31-27-18-16-25(17-19-27)28-29-21-26(22-30-28)24-14-12-23(13-15-24)11-9-6-4-2/h16-19,21-24H,3-15,20H2,1-2H3/t23-,24-. The zero-order valence-electron chi connectivity index (χ0n) is 19.8. The van der Waals surface area contributed by atoms with Crippen molar-refractivity contribution in [3.05, 3.63) is 42.2 Å². The van der Waals surface area contributed by atoms with Crippen molar-refractivity contribution in [1.82, 2.24) is 9.97 Å². The van der Waals surface area contributed by atoms with Crippen molar-refractivity contribution in [2.45, 2.75) is 103 Å². The molecule has 0 spiro atoms. The van der Waals surface area contributed by atoms with Gasteiger partial charge < -0.3 is 4.74 Å². The molecule has 1 heterocycles. The van der Waals surface area contributed by atoms with E-state index in [4.69, 9.17) is 4.74 Å². The summed E-state index contributed by atoms with van der Waals surface area (Å²) in [5.41, 5.74) is 2.38. The molecule has 1 aromatic carbocycles. The van der Waals surface area contributed by atoms with Crippen molar-refractivity contribution in [2.75, 3.05) is 6.61 Å². The Morgan fingerprint density at radius 3 is 2.10 bits per heavy atom. The van der Waals surface area contributed by atoms with E-state index in [1.54, 1.807) is 0 Å². The van der Waals surface area contributed by atoms with E-state index in [1.165, 1.54) is 82.6 Å². The number of nitrogens with zero attached hydrogens (tertiary/aromatic N) is 2. The summed E-state index contributed by atoms with van der Waals surface area (Å²) in [5.74, 6) is 3.33. The maximum atomic E-state index is 5.87. The first-order valence-corrected chi connectivity index (χ1v) is 12.8. The van der Waals surface area contributed by atoms with E-state index in [0.29, 0.717) is 5.92 Å². The van der Waals surface area contributed by atoms with Crippen LogP contribution in [-0.4, -0.2) is 16.6 Å². The van der Waals surface area contributed by atoms with Gasteiger partial charge in [-0.1, -0.05) is 65.2 Å². The highest BCUT2D eigenvalue weighted by Crippen LogP contribution is 2.37. The summed E-state index contributed by atoms with van der Waals surface area (Å²) in [6, 6.07) is 8.22. The summed E-state index contributed by atoms with van der Waals surface area (Å²) in [5, 5.41) is 0. The first-order chi connectivity index (χ1) is 15.3. The topological polar surface area (TPSA) is 35.0 Å². The molecule has 3 heteroatoms. The largest absolute Gasteiger partial charge is 0.494 e. The molecule has 0 radical (unpaired) electrons. The van der Waals surface area contributed by atoms with Crippen molar-refractivity contribution in [3.8, 4) is 17.1 Å². The maximum Gasteiger partial charge on any atom is 0.159 e. The molecular formula is C28H42N2O. The predicted octanol–water partition coefficient (Wildman–Crippen LogP) is 8.35. The zero-order valence-corrected chi connectivity index (χ0v) is 19.8. The summed E-state index contributed by atoms with van der Waals surface area (Å²) in [7, 11) is 0. The lowest BCUT2D eigenvalue weighted by Gasteiger charge is -2.28. The van der Waals surface area contributed by atoms with E-state index in [9.17, 15) is 0 Å². The van der Waals surface area contributed by atoms with Crippen LogP contribution in [0.2, 0.25) is 0 Å². The molecule has 0 bridgehead atoms. The Hall–Kier alpha value is -1.90. The highest BCUT2D eigenvalue weighted by Gasteiger charge is 2.22. The second kappa shape index (κ2) is 13.5. The van der Waals surface area contributed by atoms with Crippen LogP contribution in [0, 0.1) is 5.92 Å².